The zero-order valence-electron chi connectivity index (χ0n) is 10.9. The maximum Gasteiger partial charge on any atom is 0.128 e. The molecule has 0 aliphatic heterocycles. The van der Waals surface area contributed by atoms with Crippen molar-refractivity contribution in [2.45, 2.75) is 38.1 Å². The first-order chi connectivity index (χ1) is 8.69. The third-order valence-electron chi connectivity index (χ3n) is 3.08. The van der Waals surface area contributed by atoms with Gasteiger partial charge in [-0.1, -0.05) is 18.9 Å². The van der Waals surface area contributed by atoms with Crippen molar-refractivity contribution in [2.75, 3.05) is 7.05 Å². The van der Waals surface area contributed by atoms with Crippen LogP contribution in [0.1, 0.15) is 43.7 Å². The number of allylic oxidation sites excluding steroid dienone is 1. The molecule has 0 saturated carbocycles. The van der Waals surface area contributed by atoms with Crippen LogP contribution < -0.4 is 5.32 Å². The predicted octanol–water partition coefficient (Wildman–Crippen LogP) is 4.36. The second-order valence-corrected chi connectivity index (χ2v) is 4.43. The lowest BCUT2D eigenvalue weighted by molar-refractivity contribution is 0.477. The van der Waals surface area contributed by atoms with Crippen LogP contribution in [0, 0.1) is 11.6 Å². The molecule has 1 atom stereocenters. The van der Waals surface area contributed by atoms with Crippen LogP contribution in [0.5, 0.6) is 0 Å². The lowest BCUT2D eigenvalue weighted by Crippen LogP contribution is -2.17. The third-order valence-corrected chi connectivity index (χ3v) is 3.08. The van der Waals surface area contributed by atoms with Crippen LogP contribution in [0.2, 0.25) is 0 Å². The maximum atomic E-state index is 13.6. The van der Waals surface area contributed by atoms with Crippen LogP contribution in [0.15, 0.2) is 30.9 Å². The van der Waals surface area contributed by atoms with Gasteiger partial charge in [-0.15, -0.1) is 6.58 Å². The maximum absolute atomic E-state index is 13.6. The van der Waals surface area contributed by atoms with Crippen molar-refractivity contribution in [1.82, 2.24) is 5.32 Å². The Morgan fingerprint density at radius 2 is 2.06 bits per heavy atom. The van der Waals surface area contributed by atoms with Crippen molar-refractivity contribution in [3.8, 4) is 0 Å². The van der Waals surface area contributed by atoms with Gasteiger partial charge >= 0.3 is 0 Å². The first-order valence-electron chi connectivity index (χ1n) is 6.42. The third kappa shape index (κ3) is 4.57. The SMILES string of the molecule is C=CCCCCCC(NC)c1cc(F)ccc1F. The fourth-order valence-electron chi connectivity index (χ4n) is 2.05. The van der Waals surface area contributed by atoms with Crippen LogP contribution in [-0.2, 0) is 0 Å². The van der Waals surface area contributed by atoms with Gasteiger partial charge in [-0.2, -0.15) is 0 Å². The average Bonchev–Trinajstić information content (AvgIpc) is 2.37. The number of unbranched alkanes of at least 4 members (excludes halogenated alkanes) is 3. The van der Waals surface area contributed by atoms with Crippen LogP contribution in [0.4, 0.5) is 8.78 Å². The summed E-state index contributed by atoms with van der Waals surface area (Å²) in [7, 11) is 1.78. The van der Waals surface area contributed by atoms with E-state index in [2.05, 4.69) is 11.9 Å². The molecule has 0 saturated heterocycles. The van der Waals surface area contributed by atoms with Crippen molar-refractivity contribution < 1.29 is 8.78 Å². The summed E-state index contributed by atoms with van der Waals surface area (Å²) in [6, 6.07) is 3.49. The van der Waals surface area contributed by atoms with Crippen LogP contribution in [0.3, 0.4) is 0 Å². The minimum atomic E-state index is -0.390. The van der Waals surface area contributed by atoms with Gasteiger partial charge in [0, 0.05) is 11.6 Å². The second kappa shape index (κ2) is 7.98. The van der Waals surface area contributed by atoms with Crippen LogP contribution >= 0.6 is 0 Å². The first kappa shape index (κ1) is 14.8. The van der Waals surface area contributed by atoms with E-state index < -0.39 is 5.82 Å². The van der Waals surface area contributed by atoms with E-state index in [0.717, 1.165) is 38.2 Å². The molecule has 0 aliphatic rings. The van der Waals surface area contributed by atoms with E-state index in [-0.39, 0.29) is 11.9 Å². The molecule has 1 aromatic rings. The highest BCUT2D eigenvalue weighted by molar-refractivity contribution is 5.22. The van der Waals surface area contributed by atoms with Gasteiger partial charge in [0.25, 0.3) is 0 Å². The summed E-state index contributed by atoms with van der Waals surface area (Å²) in [5.74, 6) is -0.736. The summed E-state index contributed by atoms with van der Waals surface area (Å²) in [4.78, 5) is 0. The Labute approximate surface area is 108 Å². The van der Waals surface area contributed by atoms with Crippen molar-refractivity contribution in [3.63, 3.8) is 0 Å². The molecule has 0 radical (unpaired) electrons. The summed E-state index contributed by atoms with van der Waals surface area (Å²) in [5, 5.41) is 3.05. The highest BCUT2D eigenvalue weighted by Crippen LogP contribution is 2.23. The second-order valence-electron chi connectivity index (χ2n) is 4.43. The number of hydrogen-bond donors (Lipinski definition) is 1. The first-order valence-corrected chi connectivity index (χ1v) is 6.42. The molecule has 0 fully saturated rings. The summed E-state index contributed by atoms with van der Waals surface area (Å²) in [6.07, 6.45) is 6.91. The summed E-state index contributed by atoms with van der Waals surface area (Å²) < 4.78 is 26.7. The lowest BCUT2D eigenvalue weighted by Gasteiger charge is -2.17. The summed E-state index contributed by atoms with van der Waals surface area (Å²) in [5.41, 5.74) is 0.418. The average molecular weight is 253 g/mol. The molecule has 1 rings (SSSR count). The molecule has 1 N–H and O–H groups in total. The monoisotopic (exact) mass is 253 g/mol. The van der Waals surface area contributed by atoms with Gasteiger partial charge < -0.3 is 5.32 Å². The Bertz CT molecular complexity index is 377. The zero-order valence-corrected chi connectivity index (χ0v) is 10.9. The number of halogens is 2. The van der Waals surface area contributed by atoms with E-state index in [1.54, 1.807) is 7.05 Å². The van der Waals surface area contributed by atoms with Gasteiger partial charge in [-0.25, -0.2) is 8.78 Å². The molecule has 18 heavy (non-hydrogen) atoms. The molecule has 0 amide bonds. The molecule has 0 spiro atoms. The van der Waals surface area contributed by atoms with Crippen molar-refractivity contribution in [1.29, 1.82) is 0 Å². The van der Waals surface area contributed by atoms with Crippen molar-refractivity contribution >= 4 is 0 Å². The van der Waals surface area contributed by atoms with Crippen LogP contribution in [0.25, 0.3) is 0 Å². The van der Waals surface area contributed by atoms with Gasteiger partial charge in [0.1, 0.15) is 11.6 Å². The number of nitrogens with one attached hydrogen (secondary N) is 1. The Kier molecular flexibility index (Phi) is 6.58. The summed E-state index contributed by atoms with van der Waals surface area (Å²) >= 11 is 0. The van der Waals surface area contributed by atoms with Gasteiger partial charge in [0.05, 0.1) is 0 Å². The van der Waals surface area contributed by atoms with Gasteiger partial charge in [-0.3, -0.25) is 0 Å². The normalized spacial score (nSPS) is 12.4. The van der Waals surface area contributed by atoms with E-state index in [4.69, 9.17) is 0 Å². The fourth-order valence-corrected chi connectivity index (χ4v) is 2.05. The predicted molar refractivity (Wildman–Crippen MR) is 71.4 cm³/mol. The topological polar surface area (TPSA) is 12.0 Å². The molecule has 3 heteroatoms. The largest absolute Gasteiger partial charge is 0.313 e. The number of rotatable bonds is 8. The quantitative estimate of drug-likeness (QED) is 0.536. The standard InChI is InChI=1S/C15H21F2N/c1-3-4-5-6-7-8-15(18-2)13-11-12(16)9-10-14(13)17/h3,9-11,15,18H,1,4-8H2,2H3. The molecular weight excluding hydrogens is 232 g/mol. The molecule has 100 valence electrons. The Morgan fingerprint density at radius 1 is 1.28 bits per heavy atom. The molecule has 0 aromatic heterocycles. The number of hydrogen-bond acceptors (Lipinski definition) is 1. The molecule has 0 aliphatic carbocycles. The molecule has 0 heterocycles. The molecular formula is C15H21F2N. The Hall–Kier alpha value is -1.22. The highest BCUT2D eigenvalue weighted by Gasteiger charge is 2.14. The van der Waals surface area contributed by atoms with E-state index >= 15 is 0 Å². The van der Waals surface area contributed by atoms with Crippen molar-refractivity contribution in [3.05, 3.63) is 48.1 Å². The van der Waals surface area contributed by atoms with E-state index in [1.165, 1.54) is 12.1 Å². The zero-order chi connectivity index (χ0) is 13.4. The summed E-state index contributed by atoms with van der Waals surface area (Å²) in [6.45, 7) is 3.67. The Balaban J connectivity index is 2.54. The van der Waals surface area contributed by atoms with Crippen LogP contribution in [-0.4, -0.2) is 7.05 Å². The van der Waals surface area contributed by atoms with Gasteiger partial charge in [0.2, 0.25) is 0 Å². The fraction of sp³-hybridized carbons (Fsp3) is 0.467. The minimum Gasteiger partial charge on any atom is -0.313 e. The van der Waals surface area contributed by atoms with E-state index in [1.807, 2.05) is 6.08 Å². The van der Waals surface area contributed by atoms with E-state index in [0.29, 0.717) is 5.56 Å². The number of benzene rings is 1. The van der Waals surface area contributed by atoms with Crippen molar-refractivity contribution in [2.24, 2.45) is 0 Å². The molecule has 1 unspecified atom stereocenters. The van der Waals surface area contributed by atoms with E-state index in [9.17, 15) is 8.78 Å². The minimum absolute atomic E-state index is 0.121. The molecule has 1 nitrogen and oxygen atoms in total. The molecule has 1 aromatic carbocycles. The van der Waals surface area contributed by atoms with Gasteiger partial charge in [-0.05, 0) is 44.5 Å². The lowest BCUT2D eigenvalue weighted by atomic mass is 9.99. The highest BCUT2D eigenvalue weighted by atomic mass is 19.1. The Morgan fingerprint density at radius 3 is 2.72 bits per heavy atom. The van der Waals surface area contributed by atoms with Gasteiger partial charge in [0.15, 0.2) is 0 Å². The molecule has 0 bridgehead atoms. The smallest absolute Gasteiger partial charge is 0.128 e.